The molecule has 0 radical (unpaired) electrons. The number of guanidine groups is 1. The van der Waals surface area contributed by atoms with Crippen molar-refractivity contribution in [3.8, 4) is 6.07 Å². The summed E-state index contributed by atoms with van der Waals surface area (Å²) in [4.78, 5) is 4.40. The van der Waals surface area contributed by atoms with Gasteiger partial charge in [0, 0.05) is 5.69 Å². The van der Waals surface area contributed by atoms with E-state index in [0.717, 1.165) is 24.1 Å². The molecule has 2 aromatic rings. The van der Waals surface area contributed by atoms with E-state index in [1.807, 2.05) is 12.1 Å². The van der Waals surface area contributed by atoms with Gasteiger partial charge >= 0.3 is 0 Å². The van der Waals surface area contributed by atoms with Gasteiger partial charge in [0.05, 0.1) is 18.2 Å². The van der Waals surface area contributed by atoms with Crippen LogP contribution in [0.4, 0.5) is 5.69 Å². The number of aliphatic imine (C=N–C) groups is 1. The van der Waals surface area contributed by atoms with Crippen LogP contribution in [0.3, 0.4) is 0 Å². The zero-order valence-corrected chi connectivity index (χ0v) is 13.6. The predicted molar refractivity (Wildman–Crippen MR) is 95.3 cm³/mol. The second kappa shape index (κ2) is 8.00. The number of para-hydroxylation sites is 1. The van der Waals surface area contributed by atoms with Gasteiger partial charge in [0.1, 0.15) is 0 Å². The molecule has 118 valence electrons. The third kappa shape index (κ3) is 4.33. The van der Waals surface area contributed by atoms with Gasteiger partial charge < -0.3 is 11.1 Å². The maximum absolute atomic E-state index is 8.80. The molecule has 0 fully saturated rings. The number of nitriles is 1. The van der Waals surface area contributed by atoms with Crippen LogP contribution in [-0.2, 0) is 19.4 Å². The van der Waals surface area contributed by atoms with Crippen LogP contribution in [0.2, 0.25) is 0 Å². The average Bonchev–Trinajstić information content (AvgIpc) is 2.60. The van der Waals surface area contributed by atoms with Gasteiger partial charge in [-0.3, -0.25) is 0 Å². The second-order valence-electron chi connectivity index (χ2n) is 5.29. The molecular weight excluding hydrogens is 284 g/mol. The van der Waals surface area contributed by atoms with E-state index in [2.05, 4.69) is 48.4 Å². The van der Waals surface area contributed by atoms with E-state index in [0.29, 0.717) is 18.1 Å². The molecule has 4 heteroatoms. The molecule has 0 aromatic heterocycles. The number of benzene rings is 2. The summed E-state index contributed by atoms with van der Waals surface area (Å²) >= 11 is 0. The summed E-state index contributed by atoms with van der Waals surface area (Å²) in [5, 5.41) is 12.1. The van der Waals surface area contributed by atoms with E-state index in [1.165, 1.54) is 11.1 Å². The van der Waals surface area contributed by atoms with Crippen molar-refractivity contribution in [2.75, 3.05) is 5.32 Å². The zero-order chi connectivity index (χ0) is 16.7. The van der Waals surface area contributed by atoms with Crippen molar-refractivity contribution in [3.05, 3.63) is 64.7 Å². The molecule has 0 atom stereocenters. The Kier molecular flexibility index (Phi) is 5.76. The van der Waals surface area contributed by atoms with Crippen LogP contribution in [0.25, 0.3) is 0 Å². The zero-order valence-electron chi connectivity index (χ0n) is 13.6. The topological polar surface area (TPSA) is 74.2 Å². The molecule has 0 saturated carbocycles. The fourth-order valence-corrected chi connectivity index (χ4v) is 2.43. The SMILES string of the molecule is CCc1cccc(CC)c1NC(N)=NCc1ccc(C#N)cc1. The highest BCUT2D eigenvalue weighted by molar-refractivity contribution is 5.93. The smallest absolute Gasteiger partial charge is 0.193 e. The Morgan fingerprint density at radius 1 is 1.09 bits per heavy atom. The van der Waals surface area contributed by atoms with Crippen molar-refractivity contribution in [1.29, 1.82) is 5.26 Å². The third-order valence-electron chi connectivity index (χ3n) is 3.77. The molecule has 2 rings (SSSR count). The van der Waals surface area contributed by atoms with Gasteiger partial charge in [0.2, 0.25) is 0 Å². The quantitative estimate of drug-likeness (QED) is 0.654. The molecule has 0 spiro atoms. The van der Waals surface area contributed by atoms with Crippen molar-refractivity contribution < 1.29 is 0 Å². The first-order chi connectivity index (χ1) is 11.2. The Morgan fingerprint density at radius 3 is 2.22 bits per heavy atom. The average molecular weight is 306 g/mol. The van der Waals surface area contributed by atoms with Crippen LogP contribution in [0, 0.1) is 11.3 Å². The summed E-state index contributed by atoms with van der Waals surface area (Å²) in [5.41, 5.74) is 11.3. The second-order valence-corrected chi connectivity index (χ2v) is 5.29. The summed E-state index contributed by atoms with van der Waals surface area (Å²) < 4.78 is 0. The molecule has 0 aliphatic rings. The lowest BCUT2D eigenvalue weighted by molar-refractivity contribution is 1.05. The van der Waals surface area contributed by atoms with E-state index in [1.54, 1.807) is 12.1 Å². The minimum atomic E-state index is 0.407. The molecule has 0 saturated heterocycles. The van der Waals surface area contributed by atoms with Gasteiger partial charge in [-0.25, -0.2) is 4.99 Å². The van der Waals surface area contributed by atoms with E-state index in [9.17, 15) is 0 Å². The molecule has 3 N–H and O–H groups in total. The number of hydrogen-bond donors (Lipinski definition) is 2. The number of nitrogens with two attached hydrogens (primary N) is 1. The van der Waals surface area contributed by atoms with Crippen LogP contribution < -0.4 is 11.1 Å². The van der Waals surface area contributed by atoms with E-state index < -0.39 is 0 Å². The molecule has 4 nitrogen and oxygen atoms in total. The molecular formula is C19H22N4. The largest absolute Gasteiger partial charge is 0.370 e. The lowest BCUT2D eigenvalue weighted by Gasteiger charge is -2.14. The van der Waals surface area contributed by atoms with Crippen molar-refractivity contribution in [1.82, 2.24) is 0 Å². The van der Waals surface area contributed by atoms with Crippen LogP contribution in [0.15, 0.2) is 47.5 Å². The Hall–Kier alpha value is -2.80. The minimum absolute atomic E-state index is 0.407. The summed E-state index contributed by atoms with van der Waals surface area (Å²) in [6.07, 6.45) is 1.89. The molecule has 0 aliphatic heterocycles. The Bertz CT molecular complexity index is 702. The molecule has 2 aromatic carbocycles. The summed E-state index contributed by atoms with van der Waals surface area (Å²) in [6.45, 7) is 4.74. The Balaban J connectivity index is 2.12. The molecule has 0 aliphatic carbocycles. The molecule has 0 bridgehead atoms. The lowest BCUT2D eigenvalue weighted by Crippen LogP contribution is -2.24. The lowest BCUT2D eigenvalue weighted by atomic mass is 10.0. The van der Waals surface area contributed by atoms with Crippen LogP contribution in [0.1, 0.15) is 36.1 Å². The molecule has 0 unspecified atom stereocenters. The maximum Gasteiger partial charge on any atom is 0.193 e. The van der Waals surface area contributed by atoms with E-state index >= 15 is 0 Å². The van der Waals surface area contributed by atoms with Gasteiger partial charge in [0.25, 0.3) is 0 Å². The van der Waals surface area contributed by atoms with E-state index in [4.69, 9.17) is 11.0 Å². The predicted octanol–water partition coefficient (Wildman–Crippen LogP) is 3.61. The fourth-order valence-electron chi connectivity index (χ4n) is 2.43. The van der Waals surface area contributed by atoms with Crippen molar-refractivity contribution in [2.24, 2.45) is 10.7 Å². The monoisotopic (exact) mass is 306 g/mol. The van der Waals surface area contributed by atoms with Crippen LogP contribution in [-0.4, -0.2) is 5.96 Å². The normalized spacial score (nSPS) is 11.1. The first kappa shape index (κ1) is 16.6. The van der Waals surface area contributed by atoms with Crippen LogP contribution in [0.5, 0.6) is 0 Å². The number of hydrogen-bond acceptors (Lipinski definition) is 2. The highest BCUT2D eigenvalue weighted by atomic mass is 15.1. The van der Waals surface area contributed by atoms with Gasteiger partial charge in [-0.05, 0) is 41.7 Å². The summed E-state index contributed by atoms with van der Waals surface area (Å²) in [5.74, 6) is 0.407. The highest BCUT2D eigenvalue weighted by Gasteiger charge is 2.06. The summed E-state index contributed by atoms with van der Waals surface area (Å²) in [6, 6.07) is 15.8. The number of rotatable bonds is 5. The van der Waals surface area contributed by atoms with Crippen molar-refractivity contribution in [2.45, 2.75) is 33.2 Å². The number of nitrogens with zero attached hydrogens (tertiary/aromatic N) is 2. The maximum atomic E-state index is 8.80. The van der Waals surface area contributed by atoms with E-state index in [-0.39, 0.29) is 0 Å². The van der Waals surface area contributed by atoms with Crippen LogP contribution >= 0.6 is 0 Å². The van der Waals surface area contributed by atoms with Crippen molar-refractivity contribution >= 4 is 11.6 Å². The van der Waals surface area contributed by atoms with Gasteiger partial charge in [-0.2, -0.15) is 5.26 Å². The number of nitrogens with one attached hydrogen (secondary N) is 1. The third-order valence-corrected chi connectivity index (χ3v) is 3.77. The molecule has 23 heavy (non-hydrogen) atoms. The number of aryl methyl sites for hydroxylation is 2. The van der Waals surface area contributed by atoms with Gasteiger partial charge in [-0.15, -0.1) is 0 Å². The number of anilines is 1. The van der Waals surface area contributed by atoms with Crippen molar-refractivity contribution in [3.63, 3.8) is 0 Å². The first-order valence-electron chi connectivity index (χ1n) is 7.84. The standard InChI is InChI=1S/C19H22N4/c1-3-16-6-5-7-17(4-2)18(16)23-19(21)22-13-15-10-8-14(12-20)9-11-15/h5-11H,3-4,13H2,1-2H3,(H3,21,22,23). The van der Waals surface area contributed by atoms with Gasteiger partial charge in [-0.1, -0.05) is 44.2 Å². The first-order valence-corrected chi connectivity index (χ1v) is 7.84. The molecule has 0 heterocycles. The Labute approximate surface area is 137 Å². The molecule has 0 amide bonds. The summed E-state index contributed by atoms with van der Waals surface area (Å²) in [7, 11) is 0. The van der Waals surface area contributed by atoms with Gasteiger partial charge in [0.15, 0.2) is 5.96 Å². The highest BCUT2D eigenvalue weighted by Crippen LogP contribution is 2.22. The Morgan fingerprint density at radius 2 is 1.70 bits per heavy atom. The fraction of sp³-hybridized carbons (Fsp3) is 0.263. The minimum Gasteiger partial charge on any atom is -0.370 e.